The van der Waals surface area contributed by atoms with Crippen molar-refractivity contribution in [2.45, 2.75) is 62.9 Å². The molecule has 0 aromatic heterocycles. The Morgan fingerprint density at radius 1 is 1.19 bits per heavy atom. The van der Waals surface area contributed by atoms with Crippen LogP contribution in [-0.4, -0.2) is 56.2 Å². The van der Waals surface area contributed by atoms with Gasteiger partial charge < -0.3 is 19.8 Å². The predicted octanol–water partition coefficient (Wildman–Crippen LogP) is 5.16. The van der Waals surface area contributed by atoms with Crippen LogP contribution >= 0.6 is 11.6 Å². The van der Waals surface area contributed by atoms with Gasteiger partial charge in [0, 0.05) is 23.5 Å². The van der Waals surface area contributed by atoms with Gasteiger partial charge in [0.2, 0.25) is 10.0 Å². The minimum atomic E-state index is -3.54. The Bertz CT molecular complexity index is 1510. The summed E-state index contributed by atoms with van der Waals surface area (Å²) in [5, 5.41) is 27.0. The molecule has 4 aliphatic rings. The van der Waals surface area contributed by atoms with Crippen LogP contribution in [0.15, 0.2) is 48.6 Å². The van der Waals surface area contributed by atoms with Crippen molar-refractivity contribution in [3.05, 3.63) is 70.3 Å². The number of allylic oxidation sites excluding steroid dienone is 1. The van der Waals surface area contributed by atoms with Crippen LogP contribution in [0.1, 0.15) is 66.4 Å². The highest BCUT2D eigenvalue weighted by Gasteiger charge is 2.44. The molecule has 232 valence electrons. The third-order valence-electron chi connectivity index (χ3n) is 10.2. The molecule has 43 heavy (non-hydrogen) atoms. The molecule has 4 N–H and O–H groups in total. The van der Waals surface area contributed by atoms with Crippen LogP contribution in [0, 0.1) is 23.7 Å². The van der Waals surface area contributed by atoms with E-state index in [1.54, 1.807) is 18.2 Å². The van der Waals surface area contributed by atoms with E-state index in [0.29, 0.717) is 37.8 Å². The fourth-order valence-corrected chi connectivity index (χ4v) is 8.80. The number of ether oxygens (including phenoxy) is 1. The number of rotatable bonds is 10. The highest BCUT2D eigenvalue weighted by atomic mass is 35.5. The monoisotopic (exact) mass is 628 g/mol. The zero-order valence-corrected chi connectivity index (χ0v) is 25.9. The Morgan fingerprint density at radius 2 is 2.00 bits per heavy atom. The summed E-state index contributed by atoms with van der Waals surface area (Å²) in [5.41, 5.74) is 3.23. The van der Waals surface area contributed by atoms with Gasteiger partial charge in [0.1, 0.15) is 5.75 Å². The van der Waals surface area contributed by atoms with E-state index in [0.717, 1.165) is 55.7 Å². The molecule has 1 aliphatic heterocycles. The van der Waals surface area contributed by atoms with Crippen molar-refractivity contribution in [2.75, 3.05) is 30.3 Å². The van der Waals surface area contributed by atoms with Crippen molar-refractivity contribution in [3.8, 4) is 5.75 Å². The van der Waals surface area contributed by atoms with Crippen molar-refractivity contribution in [3.63, 3.8) is 0 Å². The number of nitrogens with two attached hydrogens (primary N) is 1. The first-order valence-corrected chi connectivity index (χ1v) is 17.5. The minimum Gasteiger partial charge on any atom is -0.490 e. The molecule has 1 heterocycles. The third kappa shape index (κ3) is 6.75. The number of benzene rings is 2. The first kappa shape index (κ1) is 30.4. The van der Waals surface area contributed by atoms with Crippen LogP contribution in [0.4, 0.5) is 5.69 Å². The number of aromatic carboxylic acids is 1. The van der Waals surface area contributed by atoms with Gasteiger partial charge in [-0.2, -0.15) is 0 Å². The Hall–Kier alpha value is -2.59. The van der Waals surface area contributed by atoms with E-state index >= 15 is 0 Å². The van der Waals surface area contributed by atoms with E-state index < -0.39 is 22.1 Å². The number of primary sulfonamides is 1. The summed E-state index contributed by atoms with van der Waals surface area (Å²) >= 11 is 6.37. The number of carboxylic acids is 1. The van der Waals surface area contributed by atoms with E-state index in [-0.39, 0.29) is 34.5 Å². The zero-order valence-electron chi connectivity index (χ0n) is 24.3. The summed E-state index contributed by atoms with van der Waals surface area (Å²) in [4.78, 5) is 14.2. The molecule has 0 saturated heterocycles. The highest BCUT2D eigenvalue weighted by molar-refractivity contribution is 7.89. The van der Waals surface area contributed by atoms with Gasteiger partial charge in [-0.05, 0) is 116 Å². The van der Waals surface area contributed by atoms with Gasteiger partial charge in [-0.3, -0.25) is 0 Å². The van der Waals surface area contributed by atoms with Crippen LogP contribution in [0.2, 0.25) is 5.02 Å². The average Bonchev–Trinajstić information content (AvgIpc) is 3.78. The first-order chi connectivity index (χ1) is 20.5. The maximum absolute atomic E-state index is 11.9. The number of hydrogen-bond acceptors (Lipinski definition) is 6. The van der Waals surface area contributed by atoms with Gasteiger partial charge in [-0.15, -0.1) is 0 Å². The number of aryl methyl sites for hydroxylation is 1. The molecule has 3 aliphatic carbocycles. The molecule has 2 saturated carbocycles. The van der Waals surface area contributed by atoms with Crippen LogP contribution in [0.5, 0.6) is 5.75 Å². The summed E-state index contributed by atoms with van der Waals surface area (Å²) in [7, 11) is -3.54. The number of nitrogens with zero attached hydrogens (tertiary/aromatic N) is 1. The predicted molar refractivity (Wildman–Crippen MR) is 167 cm³/mol. The lowest BCUT2D eigenvalue weighted by Gasteiger charge is -2.45. The van der Waals surface area contributed by atoms with Crippen LogP contribution in [-0.2, 0) is 21.9 Å². The molecule has 0 bridgehead atoms. The van der Waals surface area contributed by atoms with Gasteiger partial charge in [-0.1, -0.05) is 29.8 Å². The van der Waals surface area contributed by atoms with Crippen molar-refractivity contribution < 1.29 is 28.2 Å². The van der Waals surface area contributed by atoms with Crippen LogP contribution < -0.4 is 14.8 Å². The molecule has 0 amide bonds. The molecular formula is C33H41ClN2O6S. The number of carboxylic acid groups (broad SMARTS) is 1. The van der Waals surface area contributed by atoms with Gasteiger partial charge in [0.15, 0.2) is 0 Å². The molecule has 8 nitrogen and oxygen atoms in total. The number of sulfonamides is 1. The van der Waals surface area contributed by atoms with Gasteiger partial charge in [-0.25, -0.2) is 18.4 Å². The molecule has 10 heteroatoms. The quantitative estimate of drug-likeness (QED) is 0.310. The summed E-state index contributed by atoms with van der Waals surface area (Å²) < 4.78 is 29.8. The number of anilines is 1. The van der Waals surface area contributed by atoms with E-state index in [9.17, 15) is 23.4 Å². The Labute approximate surface area is 258 Å². The summed E-state index contributed by atoms with van der Waals surface area (Å²) in [6.07, 6.45) is 10.6. The Balaban J connectivity index is 1.22. The lowest BCUT2D eigenvalue weighted by Crippen LogP contribution is -2.49. The maximum atomic E-state index is 11.9. The van der Waals surface area contributed by atoms with E-state index in [1.807, 2.05) is 18.2 Å². The fraction of sp³-hybridized carbons (Fsp3) is 0.545. The summed E-state index contributed by atoms with van der Waals surface area (Å²) in [5.74, 6) is 0.359. The van der Waals surface area contributed by atoms with E-state index in [1.165, 1.54) is 11.1 Å². The second-order valence-corrected chi connectivity index (χ2v) is 15.3. The summed E-state index contributed by atoms with van der Waals surface area (Å²) in [6, 6.07) is 11.2. The average molecular weight is 629 g/mol. The molecule has 5 atom stereocenters. The smallest absolute Gasteiger partial charge is 0.335 e. The molecule has 1 spiro atoms. The largest absolute Gasteiger partial charge is 0.490 e. The van der Waals surface area contributed by atoms with Crippen molar-refractivity contribution >= 4 is 33.3 Å². The van der Waals surface area contributed by atoms with Crippen molar-refractivity contribution in [1.82, 2.24) is 0 Å². The highest BCUT2D eigenvalue weighted by Crippen LogP contribution is 2.47. The molecule has 2 aromatic rings. The van der Waals surface area contributed by atoms with Gasteiger partial charge >= 0.3 is 5.97 Å². The molecule has 2 unspecified atom stereocenters. The fourth-order valence-electron chi connectivity index (χ4n) is 7.60. The van der Waals surface area contributed by atoms with Crippen molar-refractivity contribution in [2.24, 2.45) is 28.8 Å². The maximum Gasteiger partial charge on any atom is 0.335 e. The van der Waals surface area contributed by atoms with Gasteiger partial charge in [0.25, 0.3) is 0 Å². The van der Waals surface area contributed by atoms with Crippen molar-refractivity contribution in [1.29, 1.82) is 0 Å². The normalized spacial score (nSPS) is 26.6. The molecular weight excluding hydrogens is 588 g/mol. The molecule has 2 aromatic carbocycles. The second-order valence-electron chi connectivity index (χ2n) is 13.2. The first-order valence-electron chi connectivity index (χ1n) is 15.4. The van der Waals surface area contributed by atoms with E-state index in [2.05, 4.69) is 17.0 Å². The van der Waals surface area contributed by atoms with E-state index in [4.69, 9.17) is 21.5 Å². The topological polar surface area (TPSA) is 130 Å². The second kappa shape index (κ2) is 12.1. The standard InChI is InChI=1S/C33H41ClN2O6S/c34-26-10-12-28-22(15-26)4-2-14-33(28)19-36(29-16-23(32(38)39)9-13-31(29)42-20-33)17-24-8-11-27(24)30(37)5-1-3-25(21-6-7-21)18-43(35,40)41/h1,5,9-10,12-13,15-16,21,24-25,27,30,37H,2-4,6-8,11,14,17-20H2,(H,38,39)(H2,35,40,41)/b5-1+/t24-,25?,27+,30?,33-/m0/s1. The number of halogens is 1. The molecule has 6 rings (SSSR count). The number of aliphatic hydroxyl groups is 1. The Morgan fingerprint density at radius 3 is 2.70 bits per heavy atom. The molecule has 2 fully saturated rings. The minimum absolute atomic E-state index is 0.00267. The van der Waals surface area contributed by atoms with Crippen LogP contribution in [0.25, 0.3) is 0 Å². The number of fused-ring (bicyclic) bond motifs is 3. The molecule has 0 radical (unpaired) electrons. The summed E-state index contributed by atoms with van der Waals surface area (Å²) in [6.45, 7) is 1.86. The zero-order chi connectivity index (χ0) is 30.4. The number of hydrogen-bond donors (Lipinski definition) is 3. The van der Waals surface area contributed by atoms with Gasteiger partial charge in [0.05, 0.1) is 29.7 Å². The number of carbonyl (C=O) groups is 1. The number of aliphatic hydroxyl groups excluding tert-OH is 1. The third-order valence-corrected chi connectivity index (χ3v) is 11.3. The SMILES string of the molecule is NS(=O)(=O)CC(C/C=C/C(O)[C@@H]1CC[C@H]1CN1C[C@@]2(CCCc3cc(Cl)ccc32)COc2ccc(C(=O)O)cc21)C1CC1. The Kier molecular flexibility index (Phi) is 8.54. The lowest BCUT2D eigenvalue weighted by atomic mass is 9.68. The lowest BCUT2D eigenvalue weighted by molar-refractivity contribution is 0.0455. The van der Waals surface area contributed by atoms with Crippen LogP contribution in [0.3, 0.4) is 0 Å².